The molecule has 0 amide bonds. The number of carbonyl (C=O) groups excluding carboxylic acids is 4. The van der Waals surface area contributed by atoms with Gasteiger partial charge in [-0.3, -0.25) is 37.3 Å². The zero-order valence-corrected chi connectivity index (χ0v) is 73.7. The van der Waals surface area contributed by atoms with E-state index < -0.39 is 97.5 Å². The zero-order chi connectivity index (χ0) is 79.9. The van der Waals surface area contributed by atoms with Gasteiger partial charge in [0.1, 0.15) is 19.3 Å². The average molecular weight is 1590 g/mol. The van der Waals surface area contributed by atoms with E-state index in [1.165, 1.54) is 295 Å². The first-order valence-electron chi connectivity index (χ1n) is 46.6. The topological polar surface area (TPSA) is 237 Å². The molecule has 3 N–H and O–H groups in total. The largest absolute Gasteiger partial charge is 0.472 e. The van der Waals surface area contributed by atoms with E-state index in [1.807, 2.05) is 0 Å². The lowest BCUT2D eigenvalue weighted by molar-refractivity contribution is -0.161. The van der Waals surface area contributed by atoms with Crippen LogP contribution < -0.4 is 0 Å². The molecule has 0 saturated heterocycles. The lowest BCUT2D eigenvalue weighted by Gasteiger charge is -2.21. The molecule has 0 saturated carbocycles. The molecule has 4 unspecified atom stereocenters. The van der Waals surface area contributed by atoms with E-state index in [1.54, 1.807) is 0 Å². The van der Waals surface area contributed by atoms with Gasteiger partial charge in [0.05, 0.1) is 26.4 Å². The Kier molecular flexibility index (Phi) is 79.8. The highest BCUT2D eigenvalue weighted by molar-refractivity contribution is 7.47. The minimum absolute atomic E-state index is 0.107. The number of phosphoric ester groups is 2. The summed E-state index contributed by atoms with van der Waals surface area (Å²) < 4.78 is 69.0. The van der Waals surface area contributed by atoms with Gasteiger partial charge < -0.3 is 33.8 Å². The summed E-state index contributed by atoms with van der Waals surface area (Å²) >= 11 is 0. The SMILES string of the molecule is CCCCCCCCCCCCCCCCCCCCCCCCC(=O)O[C@H](COC(=O)CCCCCCCCCCCCCCCCCCCCC)COP(=O)(O)OC[C@@H](O)COP(=O)(O)OC[C@@H](COC(=O)CCCCCCCCC(C)CC)OC(=O)CCCCCCCCCCCCCCCCC(C)CC. The molecule has 0 heterocycles. The fourth-order valence-electron chi connectivity index (χ4n) is 14.1. The third-order valence-electron chi connectivity index (χ3n) is 21.9. The molecule has 0 aliphatic carbocycles. The molecule has 0 rings (SSSR count). The lowest BCUT2D eigenvalue weighted by atomic mass is 9.99. The molecule has 0 spiro atoms. The van der Waals surface area contributed by atoms with Crippen molar-refractivity contribution in [3.63, 3.8) is 0 Å². The van der Waals surface area contributed by atoms with Crippen LogP contribution in [-0.2, 0) is 65.4 Å². The van der Waals surface area contributed by atoms with E-state index in [4.69, 9.17) is 37.0 Å². The Morgan fingerprint density at radius 3 is 0.651 bits per heavy atom. The highest BCUT2D eigenvalue weighted by Crippen LogP contribution is 2.45. The molecular weight excluding hydrogens is 1410 g/mol. The summed E-state index contributed by atoms with van der Waals surface area (Å²) in [5.74, 6) is -0.523. The molecule has 0 bridgehead atoms. The lowest BCUT2D eigenvalue weighted by Crippen LogP contribution is -2.30. The van der Waals surface area contributed by atoms with Gasteiger partial charge in [0.15, 0.2) is 12.2 Å². The Labute approximate surface area is 670 Å². The van der Waals surface area contributed by atoms with Crippen LogP contribution in [0, 0.1) is 11.8 Å². The summed E-state index contributed by atoms with van der Waals surface area (Å²) in [5, 5.41) is 10.7. The van der Waals surface area contributed by atoms with Gasteiger partial charge >= 0.3 is 39.5 Å². The summed E-state index contributed by atoms with van der Waals surface area (Å²) in [6.07, 6.45) is 75.1. The highest BCUT2D eigenvalue weighted by atomic mass is 31.2. The monoisotopic (exact) mass is 1590 g/mol. The summed E-state index contributed by atoms with van der Waals surface area (Å²) in [6.45, 7) is 9.70. The number of ether oxygens (including phenoxy) is 4. The number of aliphatic hydroxyl groups excluding tert-OH is 1. The molecule has 0 aliphatic heterocycles. The van der Waals surface area contributed by atoms with Crippen molar-refractivity contribution in [3.8, 4) is 0 Å². The van der Waals surface area contributed by atoms with E-state index in [-0.39, 0.29) is 25.7 Å². The van der Waals surface area contributed by atoms with Crippen molar-refractivity contribution in [3.05, 3.63) is 0 Å². The van der Waals surface area contributed by atoms with Crippen LogP contribution in [0.3, 0.4) is 0 Å². The minimum atomic E-state index is -4.97. The summed E-state index contributed by atoms with van der Waals surface area (Å²) in [7, 11) is -9.93. The quantitative estimate of drug-likeness (QED) is 0.0222. The van der Waals surface area contributed by atoms with Gasteiger partial charge in [0.25, 0.3) is 0 Å². The van der Waals surface area contributed by atoms with Crippen molar-refractivity contribution in [2.45, 2.75) is 503 Å². The van der Waals surface area contributed by atoms with Crippen molar-refractivity contribution in [2.24, 2.45) is 11.8 Å². The van der Waals surface area contributed by atoms with Gasteiger partial charge in [0, 0.05) is 25.7 Å². The Morgan fingerprint density at radius 2 is 0.440 bits per heavy atom. The van der Waals surface area contributed by atoms with Crippen LogP contribution in [0.1, 0.15) is 485 Å². The predicted octanol–water partition coefficient (Wildman–Crippen LogP) is 27.8. The van der Waals surface area contributed by atoms with Crippen LogP contribution in [0.4, 0.5) is 0 Å². The molecule has 0 aromatic rings. The predicted molar refractivity (Wildman–Crippen MR) is 451 cm³/mol. The van der Waals surface area contributed by atoms with Gasteiger partial charge in [-0.25, -0.2) is 9.13 Å². The van der Waals surface area contributed by atoms with Gasteiger partial charge in [-0.05, 0) is 37.5 Å². The number of unbranched alkanes of at least 4 members (excludes halogenated alkanes) is 57. The van der Waals surface area contributed by atoms with Crippen molar-refractivity contribution >= 4 is 39.5 Å². The van der Waals surface area contributed by atoms with E-state index in [0.29, 0.717) is 25.7 Å². The first kappa shape index (κ1) is 107. The fourth-order valence-corrected chi connectivity index (χ4v) is 15.6. The number of esters is 4. The maximum absolute atomic E-state index is 13.2. The van der Waals surface area contributed by atoms with Crippen molar-refractivity contribution in [1.29, 1.82) is 0 Å². The number of carbonyl (C=O) groups is 4. The standard InChI is InChI=1S/C90H176O17P2/c1-7-11-13-15-17-19-21-23-25-27-29-30-31-33-35-37-42-46-50-54-62-68-74-89(94)106-85(78-100-87(92)72-66-60-53-49-45-41-36-34-32-28-26-24-22-20-18-16-14-12-8-2)80-104-108(96,97)102-76-84(91)77-103-109(98,99)105-81-86(79-101-88(93)73-67-61-57-56-59-65-71-83(6)10-4)107-90(95)75-69-63-55-51-47-43-39-38-40-44-48-52-58-64-70-82(5)9-3/h82-86,91H,7-81H2,1-6H3,(H,96,97)(H,98,99)/t82?,83?,84-,85-,86-/m1/s1. The summed E-state index contributed by atoms with van der Waals surface area (Å²) in [4.78, 5) is 73.4. The Balaban J connectivity index is 5.22. The van der Waals surface area contributed by atoms with Crippen molar-refractivity contribution in [2.75, 3.05) is 39.6 Å². The molecule has 0 aromatic carbocycles. The molecule has 19 heteroatoms. The molecule has 0 radical (unpaired) electrons. The molecule has 0 fully saturated rings. The Morgan fingerprint density at radius 1 is 0.257 bits per heavy atom. The molecule has 648 valence electrons. The smallest absolute Gasteiger partial charge is 0.462 e. The second-order valence-corrected chi connectivity index (χ2v) is 35.7. The van der Waals surface area contributed by atoms with E-state index in [2.05, 4.69) is 41.5 Å². The highest BCUT2D eigenvalue weighted by Gasteiger charge is 2.31. The van der Waals surface area contributed by atoms with Crippen molar-refractivity contribution < 1.29 is 80.2 Å². The van der Waals surface area contributed by atoms with Gasteiger partial charge in [-0.15, -0.1) is 0 Å². The zero-order valence-electron chi connectivity index (χ0n) is 71.9. The Bertz CT molecular complexity index is 2080. The fraction of sp³-hybridized carbons (Fsp3) is 0.956. The van der Waals surface area contributed by atoms with Crippen LogP contribution in [0.5, 0.6) is 0 Å². The first-order valence-corrected chi connectivity index (χ1v) is 49.6. The van der Waals surface area contributed by atoms with Crippen LogP contribution in [-0.4, -0.2) is 96.7 Å². The first-order chi connectivity index (χ1) is 52.9. The third kappa shape index (κ3) is 81.0. The number of aliphatic hydroxyl groups is 1. The second kappa shape index (κ2) is 81.2. The number of rotatable bonds is 89. The van der Waals surface area contributed by atoms with E-state index >= 15 is 0 Å². The normalized spacial score (nSPS) is 14.2. The maximum atomic E-state index is 13.2. The molecule has 0 aliphatic rings. The van der Waals surface area contributed by atoms with E-state index in [9.17, 15) is 43.2 Å². The molecule has 17 nitrogen and oxygen atoms in total. The van der Waals surface area contributed by atoms with Gasteiger partial charge in [-0.2, -0.15) is 0 Å². The van der Waals surface area contributed by atoms with Crippen LogP contribution in [0.25, 0.3) is 0 Å². The number of phosphoric acid groups is 2. The van der Waals surface area contributed by atoms with Crippen LogP contribution in [0.15, 0.2) is 0 Å². The van der Waals surface area contributed by atoms with Gasteiger partial charge in [0.2, 0.25) is 0 Å². The van der Waals surface area contributed by atoms with Crippen LogP contribution >= 0.6 is 15.6 Å². The minimum Gasteiger partial charge on any atom is -0.462 e. The second-order valence-electron chi connectivity index (χ2n) is 32.8. The molecule has 7 atom stereocenters. The number of hydrogen-bond donors (Lipinski definition) is 3. The van der Waals surface area contributed by atoms with Gasteiger partial charge in [-0.1, -0.05) is 433 Å². The van der Waals surface area contributed by atoms with Crippen LogP contribution in [0.2, 0.25) is 0 Å². The molecule has 0 aromatic heterocycles. The molecule has 109 heavy (non-hydrogen) atoms. The third-order valence-corrected chi connectivity index (χ3v) is 23.8. The van der Waals surface area contributed by atoms with Crippen molar-refractivity contribution in [1.82, 2.24) is 0 Å². The Hall–Kier alpha value is -1.94. The molecular formula is C90H176O17P2. The number of hydrogen-bond acceptors (Lipinski definition) is 15. The van der Waals surface area contributed by atoms with E-state index in [0.717, 1.165) is 108 Å². The summed E-state index contributed by atoms with van der Waals surface area (Å²) in [6, 6.07) is 0. The maximum Gasteiger partial charge on any atom is 0.472 e. The average Bonchev–Trinajstić information content (AvgIpc) is 0.899. The summed E-state index contributed by atoms with van der Waals surface area (Å²) in [5.41, 5.74) is 0.